The van der Waals surface area contributed by atoms with E-state index in [0.29, 0.717) is 26.4 Å². The van der Waals surface area contributed by atoms with Crippen molar-refractivity contribution in [2.24, 2.45) is 0 Å². The van der Waals surface area contributed by atoms with E-state index in [0.717, 1.165) is 11.1 Å². The van der Waals surface area contributed by atoms with Gasteiger partial charge in [-0.15, -0.1) is 0 Å². The summed E-state index contributed by atoms with van der Waals surface area (Å²) in [5, 5.41) is 0. The third-order valence-electron chi connectivity index (χ3n) is 3.81. The van der Waals surface area contributed by atoms with E-state index in [4.69, 9.17) is 18.9 Å². The van der Waals surface area contributed by atoms with Crippen molar-refractivity contribution in [1.29, 1.82) is 0 Å². The van der Waals surface area contributed by atoms with Gasteiger partial charge >= 0.3 is 146 Å². The van der Waals surface area contributed by atoms with Gasteiger partial charge in [-0.05, 0) is 0 Å². The van der Waals surface area contributed by atoms with Crippen LogP contribution in [0.4, 0.5) is 0 Å². The van der Waals surface area contributed by atoms with Gasteiger partial charge in [0.05, 0.1) is 0 Å². The fourth-order valence-electron chi connectivity index (χ4n) is 2.73. The van der Waals surface area contributed by atoms with E-state index < -0.39 is 20.9 Å². The van der Waals surface area contributed by atoms with Crippen molar-refractivity contribution in [1.82, 2.24) is 0 Å². The molecule has 23 heavy (non-hydrogen) atoms. The topological polar surface area (TPSA) is 36.9 Å². The summed E-state index contributed by atoms with van der Waals surface area (Å²) in [6.07, 6.45) is -0.440. The molecular formula is C18H18O4Te. The second kappa shape index (κ2) is 7.31. The molecule has 2 heterocycles. The van der Waals surface area contributed by atoms with Crippen LogP contribution in [0.2, 0.25) is 0 Å². The molecule has 0 amide bonds. The molecule has 2 aliphatic heterocycles. The molecule has 0 radical (unpaired) electrons. The molecule has 2 saturated heterocycles. The first-order chi connectivity index (χ1) is 11.4. The maximum absolute atomic E-state index is 5.70. The molecule has 2 fully saturated rings. The van der Waals surface area contributed by atoms with Crippen LogP contribution in [0, 0.1) is 0 Å². The van der Waals surface area contributed by atoms with Crippen LogP contribution in [0.1, 0.15) is 23.7 Å². The number of rotatable bonds is 4. The standard InChI is InChI=1S/C18H18O4Te/c1-3-7-15(13(5-1)17-19-9-10-20-17)23-16-8-4-2-6-14(16)18-21-11-12-22-18/h1-8,17-18H,9-12H2. The molecule has 0 saturated carbocycles. The fraction of sp³-hybridized carbons (Fsp3) is 0.333. The summed E-state index contributed by atoms with van der Waals surface area (Å²) in [7, 11) is 0. The molecule has 0 spiro atoms. The Morgan fingerprint density at radius 1 is 0.609 bits per heavy atom. The van der Waals surface area contributed by atoms with E-state index in [1.54, 1.807) is 0 Å². The molecule has 4 rings (SSSR count). The van der Waals surface area contributed by atoms with Gasteiger partial charge in [-0.25, -0.2) is 0 Å². The Labute approximate surface area is 145 Å². The Bertz CT molecular complexity index is 606. The van der Waals surface area contributed by atoms with Crippen molar-refractivity contribution < 1.29 is 18.9 Å². The van der Waals surface area contributed by atoms with Crippen molar-refractivity contribution >= 4 is 28.1 Å². The Hall–Kier alpha value is -0.930. The Morgan fingerprint density at radius 3 is 1.43 bits per heavy atom. The van der Waals surface area contributed by atoms with Crippen LogP contribution in [0.3, 0.4) is 0 Å². The zero-order valence-corrected chi connectivity index (χ0v) is 15.0. The minimum atomic E-state index is -0.584. The predicted molar refractivity (Wildman–Crippen MR) is 87.2 cm³/mol. The molecule has 0 unspecified atom stereocenters. The summed E-state index contributed by atoms with van der Waals surface area (Å²) in [5.41, 5.74) is 2.32. The van der Waals surface area contributed by atoms with Gasteiger partial charge in [-0.3, -0.25) is 0 Å². The molecule has 4 nitrogen and oxygen atoms in total. The van der Waals surface area contributed by atoms with Crippen molar-refractivity contribution in [3.8, 4) is 0 Å². The van der Waals surface area contributed by atoms with Gasteiger partial charge < -0.3 is 0 Å². The average molecular weight is 426 g/mol. The summed E-state index contributed by atoms with van der Waals surface area (Å²) < 4.78 is 25.5. The van der Waals surface area contributed by atoms with Gasteiger partial charge in [0, 0.05) is 0 Å². The summed E-state index contributed by atoms with van der Waals surface area (Å²) in [5.74, 6) is 0. The van der Waals surface area contributed by atoms with Crippen molar-refractivity contribution in [3.63, 3.8) is 0 Å². The van der Waals surface area contributed by atoms with E-state index in [1.165, 1.54) is 7.22 Å². The molecular weight excluding hydrogens is 408 g/mol. The van der Waals surface area contributed by atoms with Gasteiger partial charge in [0.1, 0.15) is 0 Å². The van der Waals surface area contributed by atoms with Crippen molar-refractivity contribution in [3.05, 3.63) is 59.7 Å². The average Bonchev–Trinajstić information content (AvgIpc) is 3.30. The first kappa shape index (κ1) is 15.6. The van der Waals surface area contributed by atoms with Gasteiger partial charge in [0.25, 0.3) is 0 Å². The van der Waals surface area contributed by atoms with E-state index in [-0.39, 0.29) is 12.6 Å². The van der Waals surface area contributed by atoms with E-state index in [2.05, 4.69) is 36.4 Å². The Morgan fingerprint density at radius 2 is 1.00 bits per heavy atom. The molecule has 2 aromatic carbocycles. The van der Waals surface area contributed by atoms with E-state index >= 15 is 0 Å². The summed E-state index contributed by atoms with van der Waals surface area (Å²) >= 11 is -0.584. The Balaban J connectivity index is 1.63. The number of benzene rings is 2. The fourth-order valence-corrected chi connectivity index (χ4v) is 5.85. The molecule has 0 aromatic heterocycles. The quantitative estimate of drug-likeness (QED) is 0.694. The molecule has 0 bridgehead atoms. The van der Waals surface area contributed by atoms with Crippen LogP contribution in [0.5, 0.6) is 0 Å². The second-order valence-electron chi connectivity index (χ2n) is 5.32. The molecule has 0 atom stereocenters. The van der Waals surface area contributed by atoms with Crippen LogP contribution in [0.25, 0.3) is 0 Å². The molecule has 2 aromatic rings. The van der Waals surface area contributed by atoms with Crippen LogP contribution >= 0.6 is 0 Å². The molecule has 2 aliphatic rings. The number of ether oxygens (including phenoxy) is 4. The molecule has 120 valence electrons. The third-order valence-corrected chi connectivity index (χ3v) is 7.19. The third kappa shape index (κ3) is 3.46. The summed E-state index contributed by atoms with van der Waals surface area (Å²) in [4.78, 5) is 0. The monoisotopic (exact) mass is 428 g/mol. The van der Waals surface area contributed by atoms with Crippen molar-refractivity contribution in [2.75, 3.05) is 26.4 Å². The van der Waals surface area contributed by atoms with Gasteiger partial charge in [0.2, 0.25) is 0 Å². The first-order valence-electron chi connectivity index (χ1n) is 7.74. The van der Waals surface area contributed by atoms with Crippen LogP contribution in [-0.4, -0.2) is 47.4 Å². The number of hydrogen-bond acceptors (Lipinski definition) is 4. The summed E-state index contributed by atoms with van der Waals surface area (Å²) in [6, 6.07) is 16.9. The molecule has 0 N–H and O–H groups in total. The number of hydrogen-bond donors (Lipinski definition) is 0. The zero-order valence-electron chi connectivity index (χ0n) is 12.6. The van der Waals surface area contributed by atoms with Crippen LogP contribution < -0.4 is 7.22 Å². The Kier molecular flexibility index (Phi) is 4.96. The predicted octanol–water partition coefficient (Wildman–Crippen LogP) is 1.43. The SMILES string of the molecule is c1ccc(C2OCCO2)c([Te]c2ccccc2C2OCCO2)c1. The van der Waals surface area contributed by atoms with Gasteiger partial charge in [-0.2, -0.15) is 0 Å². The second-order valence-corrected chi connectivity index (χ2v) is 8.42. The first-order valence-corrected chi connectivity index (χ1v) is 10.1. The molecule has 0 aliphatic carbocycles. The van der Waals surface area contributed by atoms with Gasteiger partial charge in [0.15, 0.2) is 0 Å². The van der Waals surface area contributed by atoms with Gasteiger partial charge in [-0.1, -0.05) is 0 Å². The summed E-state index contributed by atoms with van der Waals surface area (Å²) in [6.45, 7) is 2.67. The minimum absolute atomic E-state index is 0.220. The maximum atomic E-state index is 5.70. The van der Waals surface area contributed by atoms with E-state index in [1.807, 2.05) is 12.1 Å². The van der Waals surface area contributed by atoms with Crippen LogP contribution in [-0.2, 0) is 18.9 Å². The zero-order chi connectivity index (χ0) is 15.5. The molecule has 5 heteroatoms. The van der Waals surface area contributed by atoms with Crippen LogP contribution in [0.15, 0.2) is 48.5 Å². The normalized spacial score (nSPS) is 19.5. The van der Waals surface area contributed by atoms with Crippen molar-refractivity contribution in [2.45, 2.75) is 12.6 Å². The van der Waals surface area contributed by atoms with E-state index in [9.17, 15) is 0 Å².